The van der Waals surface area contributed by atoms with E-state index in [9.17, 15) is 4.79 Å². The first kappa shape index (κ1) is 12.1. The van der Waals surface area contributed by atoms with Gasteiger partial charge in [0.25, 0.3) is 0 Å². The van der Waals surface area contributed by atoms with Crippen LogP contribution < -0.4 is 0 Å². The van der Waals surface area contributed by atoms with E-state index in [0.29, 0.717) is 6.42 Å². The summed E-state index contributed by atoms with van der Waals surface area (Å²) in [5.41, 5.74) is 1.14. The summed E-state index contributed by atoms with van der Waals surface area (Å²) in [5.74, 6) is 1.34. The number of aliphatic carboxylic acids is 1. The van der Waals surface area contributed by atoms with E-state index in [0.717, 1.165) is 36.5 Å². The van der Waals surface area contributed by atoms with Crippen LogP contribution in [-0.2, 0) is 10.5 Å². The quantitative estimate of drug-likeness (QED) is 0.670. The van der Waals surface area contributed by atoms with E-state index in [1.165, 1.54) is 0 Å². The highest BCUT2D eigenvalue weighted by molar-refractivity contribution is 7.98. The smallest absolute Gasteiger partial charge is 0.303 e. The maximum Gasteiger partial charge on any atom is 0.303 e. The zero-order chi connectivity index (χ0) is 10.9. The number of aromatic nitrogens is 2. The Bertz CT molecular complexity index is 275. The molecule has 15 heavy (non-hydrogen) atoms. The molecule has 0 fully saturated rings. The molecule has 84 valence electrons. The summed E-state index contributed by atoms with van der Waals surface area (Å²) >= 11 is 1.85. The molecule has 1 rings (SSSR count). The van der Waals surface area contributed by atoms with Crippen LogP contribution in [0, 0.1) is 0 Å². The van der Waals surface area contributed by atoms with Gasteiger partial charge in [0.2, 0.25) is 0 Å². The molecule has 0 aliphatic rings. The Morgan fingerprint density at radius 1 is 1.47 bits per heavy atom. The molecular formula is C10H16N2O2S. The fourth-order valence-electron chi connectivity index (χ4n) is 1.20. The van der Waals surface area contributed by atoms with Gasteiger partial charge in [0, 0.05) is 24.1 Å². The van der Waals surface area contributed by atoms with Crippen molar-refractivity contribution in [1.29, 1.82) is 0 Å². The van der Waals surface area contributed by atoms with Crippen molar-refractivity contribution in [3.63, 3.8) is 0 Å². The second-order valence-electron chi connectivity index (χ2n) is 3.33. The lowest BCUT2D eigenvalue weighted by Crippen LogP contribution is -1.94. The van der Waals surface area contributed by atoms with Crippen LogP contribution in [0.4, 0.5) is 0 Å². The number of hydrogen-bond acceptors (Lipinski definition) is 3. The van der Waals surface area contributed by atoms with Crippen molar-refractivity contribution >= 4 is 17.7 Å². The summed E-state index contributed by atoms with van der Waals surface area (Å²) in [6, 6.07) is 0. The van der Waals surface area contributed by atoms with Gasteiger partial charge < -0.3 is 10.1 Å². The maximum atomic E-state index is 10.2. The first-order chi connectivity index (χ1) is 7.29. The molecule has 0 bridgehead atoms. The van der Waals surface area contributed by atoms with E-state index in [4.69, 9.17) is 5.11 Å². The summed E-state index contributed by atoms with van der Waals surface area (Å²) in [6.07, 6.45) is 6.69. The number of rotatable bonds is 8. The van der Waals surface area contributed by atoms with E-state index in [1.807, 2.05) is 18.0 Å². The predicted molar refractivity (Wildman–Crippen MR) is 60.9 cm³/mol. The molecule has 0 aliphatic heterocycles. The zero-order valence-electron chi connectivity index (χ0n) is 8.61. The Morgan fingerprint density at radius 2 is 2.33 bits per heavy atom. The lowest BCUT2D eigenvalue weighted by Gasteiger charge is -1.99. The second kappa shape index (κ2) is 7.34. The minimum Gasteiger partial charge on any atom is -0.481 e. The molecule has 1 aromatic heterocycles. The van der Waals surface area contributed by atoms with Crippen LogP contribution in [0.3, 0.4) is 0 Å². The Morgan fingerprint density at radius 3 is 3.00 bits per heavy atom. The summed E-state index contributed by atoms with van der Waals surface area (Å²) in [6.45, 7) is 0. The van der Waals surface area contributed by atoms with Gasteiger partial charge in [-0.1, -0.05) is 6.42 Å². The lowest BCUT2D eigenvalue weighted by molar-refractivity contribution is -0.137. The number of hydrogen-bond donors (Lipinski definition) is 2. The molecule has 0 aromatic carbocycles. The van der Waals surface area contributed by atoms with Crippen LogP contribution in [-0.4, -0.2) is 26.8 Å². The minimum atomic E-state index is -0.694. The van der Waals surface area contributed by atoms with Gasteiger partial charge in [0.1, 0.15) is 0 Å². The highest BCUT2D eigenvalue weighted by Crippen LogP contribution is 2.12. The maximum absolute atomic E-state index is 10.2. The van der Waals surface area contributed by atoms with Gasteiger partial charge in [-0.25, -0.2) is 4.98 Å². The molecule has 0 spiro atoms. The fraction of sp³-hybridized carbons (Fsp3) is 0.600. The third kappa shape index (κ3) is 6.17. The molecule has 5 heteroatoms. The molecule has 0 atom stereocenters. The van der Waals surface area contributed by atoms with E-state index < -0.39 is 5.97 Å². The average Bonchev–Trinajstić information content (AvgIpc) is 2.68. The minimum absolute atomic E-state index is 0.297. The summed E-state index contributed by atoms with van der Waals surface area (Å²) in [5, 5.41) is 8.42. The molecule has 0 aliphatic carbocycles. The van der Waals surface area contributed by atoms with Gasteiger partial charge in [-0.3, -0.25) is 4.79 Å². The predicted octanol–water partition coefficient (Wildman–Crippen LogP) is 2.29. The Kier molecular flexibility index (Phi) is 5.92. The van der Waals surface area contributed by atoms with Crippen molar-refractivity contribution < 1.29 is 9.90 Å². The van der Waals surface area contributed by atoms with Crippen LogP contribution in [0.1, 0.15) is 31.4 Å². The number of imidazole rings is 1. The fourth-order valence-corrected chi connectivity index (χ4v) is 2.13. The number of unbranched alkanes of at least 4 members (excludes halogenated alkanes) is 2. The van der Waals surface area contributed by atoms with Crippen LogP contribution in [0.5, 0.6) is 0 Å². The molecule has 0 amide bonds. The number of nitrogens with one attached hydrogen (secondary N) is 1. The average molecular weight is 228 g/mol. The van der Waals surface area contributed by atoms with Gasteiger partial charge >= 0.3 is 5.97 Å². The van der Waals surface area contributed by atoms with Crippen LogP contribution >= 0.6 is 11.8 Å². The monoisotopic (exact) mass is 228 g/mol. The second-order valence-corrected chi connectivity index (χ2v) is 4.44. The third-order valence-electron chi connectivity index (χ3n) is 1.99. The number of aromatic amines is 1. The van der Waals surface area contributed by atoms with Crippen molar-refractivity contribution in [2.24, 2.45) is 0 Å². The number of carboxylic acids is 1. The van der Waals surface area contributed by atoms with Crippen molar-refractivity contribution in [3.8, 4) is 0 Å². The normalized spacial score (nSPS) is 10.4. The number of nitrogens with zero attached hydrogens (tertiary/aromatic N) is 1. The van der Waals surface area contributed by atoms with Crippen molar-refractivity contribution in [2.75, 3.05) is 5.75 Å². The molecule has 1 heterocycles. The number of carbonyl (C=O) groups is 1. The molecule has 2 N–H and O–H groups in total. The highest BCUT2D eigenvalue weighted by Gasteiger charge is 1.97. The Hall–Kier alpha value is -0.970. The van der Waals surface area contributed by atoms with Gasteiger partial charge in [0.15, 0.2) is 0 Å². The molecular weight excluding hydrogens is 212 g/mol. The molecule has 0 radical (unpaired) electrons. The van der Waals surface area contributed by atoms with Crippen LogP contribution in [0.2, 0.25) is 0 Å². The molecule has 0 unspecified atom stereocenters. The van der Waals surface area contributed by atoms with Crippen LogP contribution in [0.15, 0.2) is 12.5 Å². The first-order valence-corrected chi connectivity index (χ1v) is 6.21. The Labute approximate surface area is 93.5 Å². The zero-order valence-corrected chi connectivity index (χ0v) is 9.42. The van der Waals surface area contributed by atoms with Gasteiger partial charge in [-0.15, -0.1) is 0 Å². The SMILES string of the molecule is O=C(O)CCCCCSCc1cnc[nH]1. The molecule has 0 saturated heterocycles. The Balaban J connectivity index is 1.87. The van der Waals surface area contributed by atoms with Crippen molar-refractivity contribution in [1.82, 2.24) is 9.97 Å². The van der Waals surface area contributed by atoms with Gasteiger partial charge in [-0.2, -0.15) is 11.8 Å². The largest absolute Gasteiger partial charge is 0.481 e. The molecule has 0 saturated carbocycles. The lowest BCUT2D eigenvalue weighted by atomic mass is 10.2. The first-order valence-electron chi connectivity index (χ1n) is 5.06. The van der Waals surface area contributed by atoms with Gasteiger partial charge in [0.05, 0.1) is 6.33 Å². The van der Waals surface area contributed by atoms with E-state index in [-0.39, 0.29) is 0 Å². The van der Waals surface area contributed by atoms with E-state index >= 15 is 0 Å². The number of thioether (sulfide) groups is 1. The summed E-state index contributed by atoms with van der Waals surface area (Å²) in [4.78, 5) is 17.2. The molecule has 4 nitrogen and oxygen atoms in total. The third-order valence-corrected chi connectivity index (χ3v) is 3.08. The van der Waals surface area contributed by atoms with Crippen molar-refractivity contribution in [3.05, 3.63) is 18.2 Å². The van der Waals surface area contributed by atoms with E-state index in [1.54, 1.807) is 6.33 Å². The highest BCUT2D eigenvalue weighted by atomic mass is 32.2. The van der Waals surface area contributed by atoms with Crippen molar-refractivity contribution in [2.45, 2.75) is 31.4 Å². The van der Waals surface area contributed by atoms with E-state index in [2.05, 4.69) is 9.97 Å². The summed E-state index contributed by atoms with van der Waals surface area (Å²) < 4.78 is 0. The summed E-state index contributed by atoms with van der Waals surface area (Å²) in [7, 11) is 0. The number of H-pyrrole nitrogens is 1. The van der Waals surface area contributed by atoms with Gasteiger partial charge in [-0.05, 0) is 18.6 Å². The molecule has 1 aromatic rings. The standard InChI is InChI=1S/C10H16N2O2S/c13-10(14)4-2-1-3-5-15-7-9-6-11-8-12-9/h6,8H,1-5,7H2,(H,11,12)(H,13,14). The number of carboxylic acid groups (broad SMARTS) is 1. The topological polar surface area (TPSA) is 66.0 Å². The van der Waals surface area contributed by atoms with Crippen LogP contribution in [0.25, 0.3) is 0 Å².